The largest absolute Gasteiger partial charge is 0.301 e. The Labute approximate surface area is 144 Å². The van der Waals surface area contributed by atoms with Crippen LogP contribution < -0.4 is 11.1 Å². The summed E-state index contributed by atoms with van der Waals surface area (Å²) in [6.45, 7) is 3.37. The van der Waals surface area contributed by atoms with Crippen LogP contribution in [0.2, 0.25) is 0 Å². The van der Waals surface area contributed by atoms with Crippen LogP contribution in [0.5, 0.6) is 0 Å². The molecule has 0 saturated carbocycles. The molecule has 9 heteroatoms. The van der Waals surface area contributed by atoms with Gasteiger partial charge in [-0.05, 0) is 38.1 Å². The van der Waals surface area contributed by atoms with E-state index in [1.54, 1.807) is 26.0 Å². The zero-order valence-corrected chi connectivity index (χ0v) is 14.5. The summed E-state index contributed by atoms with van der Waals surface area (Å²) in [5.74, 6) is 0.109. The number of nitrogens with one attached hydrogen (secondary N) is 2. The van der Waals surface area contributed by atoms with Gasteiger partial charge in [0.05, 0.1) is 11.4 Å². The topological polar surface area (TPSA) is 108 Å². The molecule has 0 amide bonds. The summed E-state index contributed by atoms with van der Waals surface area (Å²) >= 11 is 3.34. The highest BCUT2D eigenvalue weighted by atomic mass is 79.9. The molecule has 2 aromatic heterocycles. The summed E-state index contributed by atoms with van der Waals surface area (Å²) in [5, 5.41) is 10.9. The van der Waals surface area contributed by atoms with E-state index in [9.17, 15) is 9.59 Å². The molecule has 0 saturated heterocycles. The smallest absolute Gasteiger partial charge is 0.291 e. The van der Waals surface area contributed by atoms with Gasteiger partial charge in [0.2, 0.25) is 5.95 Å². The molecule has 0 unspecified atom stereocenters. The van der Waals surface area contributed by atoms with Crippen molar-refractivity contribution in [2.75, 3.05) is 0 Å². The first-order valence-corrected chi connectivity index (χ1v) is 7.80. The summed E-state index contributed by atoms with van der Waals surface area (Å²) in [7, 11) is 0. The summed E-state index contributed by atoms with van der Waals surface area (Å²) < 4.78 is 2.07. The molecule has 0 fully saturated rings. The van der Waals surface area contributed by atoms with Gasteiger partial charge in [0, 0.05) is 16.2 Å². The number of aromatic amines is 2. The van der Waals surface area contributed by atoms with E-state index in [4.69, 9.17) is 0 Å². The molecule has 2 heterocycles. The highest BCUT2D eigenvalue weighted by Crippen LogP contribution is 2.20. The van der Waals surface area contributed by atoms with E-state index < -0.39 is 5.56 Å². The van der Waals surface area contributed by atoms with Crippen molar-refractivity contribution in [2.45, 2.75) is 13.8 Å². The summed E-state index contributed by atoms with van der Waals surface area (Å²) in [4.78, 5) is 30.7. The van der Waals surface area contributed by atoms with Crippen LogP contribution in [0.3, 0.4) is 0 Å². The molecule has 0 aliphatic rings. The maximum atomic E-state index is 12.5. The van der Waals surface area contributed by atoms with Gasteiger partial charge in [-0.1, -0.05) is 15.9 Å². The van der Waals surface area contributed by atoms with Gasteiger partial charge >= 0.3 is 5.56 Å². The van der Waals surface area contributed by atoms with Crippen LogP contribution in [-0.2, 0) is 0 Å². The van der Waals surface area contributed by atoms with Crippen molar-refractivity contribution in [2.24, 2.45) is 10.2 Å². The molecule has 0 aliphatic carbocycles. The Morgan fingerprint density at radius 3 is 2.50 bits per heavy atom. The van der Waals surface area contributed by atoms with Gasteiger partial charge < -0.3 is 0 Å². The fourth-order valence-corrected chi connectivity index (χ4v) is 2.35. The average Bonchev–Trinajstić information content (AvgIpc) is 2.81. The first kappa shape index (κ1) is 16.1. The molecule has 0 radical (unpaired) electrons. The Balaban J connectivity index is 2.02. The van der Waals surface area contributed by atoms with E-state index in [1.165, 1.54) is 6.07 Å². The van der Waals surface area contributed by atoms with Crippen molar-refractivity contribution in [1.82, 2.24) is 19.7 Å². The van der Waals surface area contributed by atoms with Crippen molar-refractivity contribution in [1.29, 1.82) is 0 Å². The van der Waals surface area contributed by atoms with E-state index in [1.807, 2.05) is 12.1 Å². The van der Waals surface area contributed by atoms with Crippen LogP contribution in [-0.4, -0.2) is 19.7 Å². The monoisotopic (exact) mass is 388 g/mol. The Bertz CT molecular complexity index is 1030. The van der Waals surface area contributed by atoms with Crippen LogP contribution in [0, 0.1) is 13.8 Å². The maximum Gasteiger partial charge on any atom is 0.301 e. The maximum absolute atomic E-state index is 12.5. The molecule has 8 nitrogen and oxygen atoms in total. The number of nitrogens with zero attached hydrogens (tertiary/aromatic N) is 4. The van der Waals surface area contributed by atoms with Crippen LogP contribution in [0.15, 0.2) is 54.6 Å². The minimum absolute atomic E-state index is 0.109. The Kier molecular flexibility index (Phi) is 4.26. The lowest BCUT2D eigenvalue weighted by molar-refractivity contribution is 0.763. The summed E-state index contributed by atoms with van der Waals surface area (Å²) in [6.07, 6.45) is 0. The zero-order valence-electron chi connectivity index (χ0n) is 12.9. The Morgan fingerprint density at radius 1 is 1.12 bits per heavy atom. The number of hydrogen-bond acceptors (Lipinski definition) is 5. The molecule has 0 atom stereocenters. The predicted octanol–water partition coefficient (Wildman–Crippen LogP) is 3.04. The molecule has 3 aromatic rings. The highest BCUT2D eigenvalue weighted by Gasteiger charge is 2.14. The quantitative estimate of drug-likeness (QED) is 0.672. The van der Waals surface area contributed by atoms with Gasteiger partial charge in [0.25, 0.3) is 5.56 Å². The highest BCUT2D eigenvalue weighted by molar-refractivity contribution is 9.10. The fraction of sp³-hybridized carbons (Fsp3) is 0.133. The number of rotatable bonds is 3. The molecule has 0 aliphatic heterocycles. The van der Waals surface area contributed by atoms with Gasteiger partial charge in [-0.25, -0.2) is 4.98 Å². The number of aryl methyl sites for hydroxylation is 2. The van der Waals surface area contributed by atoms with Crippen molar-refractivity contribution in [3.8, 4) is 5.95 Å². The minimum atomic E-state index is -0.442. The lowest BCUT2D eigenvalue weighted by Gasteiger charge is -2.00. The standard InChI is InChI=1S/C15H13BrN6O2/c1-8-7-12(23)18-15(17-8)22-14(24)13(9(2)21-22)20-19-11-5-3-10(16)4-6-11/h3-7,21H,1-2H3,(H,17,18,23). The van der Waals surface area contributed by atoms with Gasteiger partial charge in [-0.2, -0.15) is 9.80 Å². The van der Waals surface area contributed by atoms with Gasteiger partial charge in [-0.3, -0.25) is 19.7 Å². The second kappa shape index (κ2) is 6.36. The third kappa shape index (κ3) is 3.25. The lowest BCUT2D eigenvalue weighted by atomic mass is 10.3. The van der Waals surface area contributed by atoms with Crippen molar-refractivity contribution in [3.63, 3.8) is 0 Å². The van der Waals surface area contributed by atoms with Crippen LogP contribution in [0.4, 0.5) is 11.4 Å². The SMILES string of the molecule is Cc1cc(=O)[nH]c(-n2[nH]c(C)c(N=Nc3ccc(Br)cc3)c2=O)n1. The second-order valence-electron chi connectivity index (χ2n) is 5.11. The van der Waals surface area contributed by atoms with Crippen molar-refractivity contribution in [3.05, 3.63) is 66.9 Å². The average molecular weight is 389 g/mol. The van der Waals surface area contributed by atoms with Crippen LogP contribution in [0.1, 0.15) is 11.4 Å². The number of hydrogen-bond donors (Lipinski definition) is 2. The molecular formula is C15H13BrN6O2. The molecular weight excluding hydrogens is 376 g/mol. The first-order valence-electron chi connectivity index (χ1n) is 7.01. The van der Waals surface area contributed by atoms with Gasteiger partial charge in [-0.15, -0.1) is 5.11 Å². The second-order valence-corrected chi connectivity index (χ2v) is 6.03. The number of H-pyrrole nitrogens is 2. The Hall–Kier alpha value is -2.81. The van der Waals surface area contributed by atoms with Gasteiger partial charge in [0.1, 0.15) is 0 Å². The van der Waals surface area contributed by atoms with Gasteiger partial charge in [0.15, 0.2) is 5.69 Å². The first-order chi connectivity index (χ1) is 11.4. The van der Waals surface area contributed by atoms with E-state index in [0.29, 0.717) is 17.1 Å². The molecule has 2 N–H and O–H groups in total. The third-order valence-electron chi connectivity index (χ3n) is 3.20. The molecule has 0 bridgehead atoms. The molecule has 24 heavy (non-hydrogen) atoms. The number of benzene rings is 1. The normalized spacial score (nSPS) is 11.3. The summed E-state index contributed by atoms with van der Waals surface area (Å²) in [6, 6.07) is 8.55. The zero-order chi connectivity index (χ0) is 17.3. The molecule has 1 aromatic carbocycles. The van der Waals surface area contributed by atoms with E-state index >= 15 is 0 Å². The van der Waals surface area contributed by atoms with Crippen LogP contribution >= 0.6 is 15.9 Å². The number of azo groups is 1. The Morgan fingerprint density at radius 2 is 1.83 bits per heavy atom. The molecule has 0 spiro atoms. The fourth-order valence-electron chi connectivity index (χ4n) is 2.09. The van der Waals surface area contributed by atoms with E-state index in [-0.39, 0.29) is 17.2 Å². The van der Waals surface area contributed by atoms with Crippen molar-refractivity contribution < 1.29 is 0 Å². The minimum Gasteiger partial charge on any atom is -0.291 e. The summed E-state index contributed by atoms with van der Waals surface area (Å²) in [5.41, 5.74) is 1.02. The van der Waals surface area contributed by atoms with Crippen LogP contribution in [0.25, 0.3) is 5.95 Å². The third-order valence-corrected chi connectivity index (χ3v) is 3.73. The molecule has 3 rings (SSSR count). The lowest BCUT2D eigenvalue weighted by Crippen LogP contribution is -2.21. The molecule has 122 valence electrons. The predicted molar refractivity (Wildman–Crippen MR) is 92.6 cm³/mol. The van der Waals surface area contributed by atoms with E-state index in [0.717, 1.165) is 9.15 Å². The number of aromatic nitrogens is 4. The van der Waals surface area contributed by atoms with E-state index in [2.05, 4.69) is 41.2 Å². The van der Waals surface area contributed by atoms with Crippen molar-refractivity contribution >= 4 is 27.3 Å². The number of halogens is 1.